The number of hydrogen-bond acceptors (Lipinski definition) is 10. The van der Waals surface area contributed by atoms with Crippen LogP contribution in [0.1, 0.15) is 26.8 Å². The van der Waals surface area contributed by atoms with Crippen molar-refractivity contribution in [3.05, 3.63) is 35.8 Å². The third-order valence-corrected chi connectivity index (χ3v) is 5.20. The van der Waals surface area contributed by atoms with Gasteiger partial charge in [-0.3, -0.25) is 14.4 Å². The van der Waals surface area contributed by atoms with Gasteiger partial charge in [-0.05, 0) is 12.1 Å². The lowest BCUT2D eigenvalue weighted by molar-refractivity contribution is -0.211. The molecule has 1 saturated heterocycles. The zero-order valence-electron chi connectivity index (χ0n) is 18.1. The minimum absolute atomic E-state index is 0.0558. The van der Waals surface area contributed by atoms with E-state index in [1.165, 1.54) is 13.1 Å². The second-order valence-corrected chi connectivity index (χ2v) is 7.85. The van der Waals surface area contributed by atoms with Gasteiger partial charge in [0.05, 0.1) is 6.20 Å². The van der Waals surface area contributed by atoms with Crippen molar-refractivity contribution in [2.45, 2.75) is 50.6 Å². The second-order valence-electron chi connectivity index (χ2n) is 7.34. The number of halogens is 3. The van der Waals surface area contributed by atoms with Gasteiger partial charge in [0.2, 0.25) is 0 Å². The predicted octanol–water partition coefficient (Wildman–Crippen LogP) is 1.98. The normalized spacial score (nSPS) is 24.4. The summed E-state index contributed by atoms with van der Waals surface area (Å²) >= 11 is 4.31. The molecule has 184 valence electrons. The quantitative estimate of drug-likeness (QED) is 0.273. The van der Waals surface area contributed by atoms with Crippen molar-refractivity contribution in [1.82, 2.24) is 15.0 Å². The molecule has 0 aliphatic carbocycles. The summed E-state index contributed by atoms with van der Waals surface area (Å²) in [7, 11) is 0. The topological polar surface area (TPSA) is 119 Å². The van der Waals surface area contributed by atoms with Gasteiger partial charge in [-0.15, -0.1) is 17.7 Å². The molecule has 34 heavy (non-hydrogen) atoms. The maximum Gasteiger partial charge on any atom is 0.303 e. The number of carbonyl (C=O) groups excluding carboxylic acids is 3. The fraction of sp³-hybridized carbons (Fsp3) is 0.450. The van der Waals surface area contributed by atoms with Gasteiger partial charge in [-0.2, -0.15) is 0 Å². The van der Waals surface area contributed by atoms with E-state index in [4.69, 9.17) is 18.9 Å². The lowest BCUT2D eigenvalue weighted by Crippen LogP contribution is -2.57. The van der Waals surface area contributed by atoms with E-state index in [1.807, 2.05) is 0 Å². The van der Waals surface area contributed by atoms with Crippen molar-refractivity contribution in [3.8, 4) is 11.3 Å². The lowest BCUT2D eigenvalue weighted by atomic mass is 9.96. The molecule has 5 atom stereocenters. The Bertz CT molecular complexity index is 1080. The molecule has 10 nitrogen and oxygen atoms in total. The van der Waals surface area contributed by atoms with Crippen LogP contribution in [0.4, 0.5) is 13.2 Å². The van der Waals surface area contributed by atoms with E-state index in [2.05, 4.69) is 22.9 Å². The number of thiol groups is 1. The maximum absolute atomic E-state index is 13.7. The largest absolute Gasteiger partial charge is 0.463 e. The van der Waals surface area contributed by atoms with Crippen molar-refractivity contribution in [2.24, 2.45) is 0 Å². The highest BCUT2D eigenvalue weighted by Gasteiger charge is 2.50. The minimum atomic E-state index is -1.64. The van der Waals surface area contributed by atoms with Crippen molar-refractivity contribution in [1.29, 1.82) is 0 Å². The van der Waals surface area contributed by atoms with Gasteiger partial charge in [-0.1, -0.05) is 5.21 Å². The van der Waals surface area contributed by atoms with Gasteiger partial charge in [0.25, 0.3) is 0 Å². The predicted molar refractivity (Wildman–Crippen MR) is 110 cm³/mol. The summed E-state index contributed by atoms with van der Waals surface area (Å²) in [6, 6.07) is 0.366. The highest BCUT2D eigenvalue weighted by Crippen LogP contribution is 2.36. The molecule has 2 heterocycles. The Morgan fingerprint density at radius 2 is 1.62 bits per heavy atom. The van der Waals surface area contributed by atoms with Gasteiger partial charge in [-0.25, -0.2) is 17.9 Å². The molecule has 0 amide bonds. The van der Waals surface area contributed by atoms with Crippen LogP contribution in [0.15, 0.2) is 18.3 Å². The average molecular weight is 503 g/mol. The zero-order valence-corrected chi connectivity index (χ0v) is 19.0. The van der Waals surface area contributed by atoms with Gasteiger partial charge in [0.1, 0.15) is 29.9 Å². The van der Waals surface area contributed by atoms with Crippen LogP contribution in [-0.4, -0.2) is 63.3 Å². The highest BCUT2D eigenvalue weighted by molar-refractivity contribution is 7.80. The number of carbonyl (C=O) groups is 3. The monoisotopic (exact) mass is 503 g/mol. The fourth-order valence-electron chi connectivity index (χ4n) is 3.46. The molecule has 3 rings (SSSR count). The van der Waals surface area contributed by atoms with Crippen molar-refractivity contribution >= 4 is 30.5 Å². The SMILES string of the molecule is CC(=O)OC[C@H]1O[C@H](S)[C@H](OC(C)=O)[C@@H](n2cc(-c3cc(F)c(F)c(F)c3)nn2)[C@H]1OC(C)=O. The Hall–Kier alpha value is -3.13. The van der Waals surface area contributed by atoms with Crippen LogP contribution in [0.5, 0.6) is 0 Å². The average Bonchev–Trinajstić information content (AvgIpc) is 3.22. The molecule has 0 spiro atoms. The first kappa shape index (κ1) is 25.5. The molecule has 1 aromatic carbocycles. The summed E-state index contributed by atoms with van der Waals surface area (Å²) in [5.74, 6) is -6.56. The minimum Gasteiger partial charge on any atom is -0.463 e. The van der Waals surface area contributed by atoms with Crippen molar-refractivity contribution < 1.29 is 46.5 Å². The van der Waals surface area contributed by atoms with E-state index < -0.39 is 65.1 Å². The van der Waals surface area contributed by atoms with E-state index >= 15 is 0 Å². The first-order valence-electron chi connectivity index (χ1n) is 9.86. The standard InChI is InChI=1S/C20H20F3N3O7S/c1-8(27)30-7-15-18(31-9(2)28)17(19(20(34)33-15)32-10(3)29)26-6-14(24-25-26)11-4-12(21)16(23)13(22)5-11/h4-6,15,17-20,34H,7H2,1-3H3/t15-,17+,18+,19-,20-/m1/s1. The van der Waals surface area contributed by atoms with Crippen LogP contribution >= 0.6 is 12.6 Å². The van der Waals surface area contributed by atoms with Crippen LogP contribution in [0.25, 0.3) is 11.3 Å². The maximum atomic E-state index is 13.7. The smallest absolute Gasteiger partial charge is 0.303 e. The van der Waals surface area contributed by atoms with E-state index in [0.717, 1.165) is 30.7 Å². The molecule has 0 N–H and O–H groups in total. The molecular weight excluding hydrogens is 483 g/mol. The number of nitrogens with zero attached hydrogens (tertiary/aromatic N) is 3. The van der Waals surface area contributed by atoms with Crippen molar-refractivity contribution in [3.63, 3.8) is 0 Å². The fourth-order valence-corrected chi connectivity index (χ4v) is 3.85. The van der Waals surface area contributed by atoms with Crippen LogP contribution in [0.3, 0.4) is 0 Å². The lowest BCUT2D eigenvalue weighted by Gasteiger charge is -2.43. The first-order valence-corrected chi connectivity index (χ1v) is 10.4. The Labute approximate surface area is 196 Å². The number of ether oxygens (including phenoxy) is 4. The second kappa shape index (κ2) is 10.4. The number of aromatic nitrogens is 3. The summed E-state index contributed by atoms with van der Waals surface area (Å²) in [6.07, 6.45) is -2.19. The summed E-state index contributed by atoms with van der Waals surface area (Å²) in [5, 5.41) is 7.78. The number of rotatable bonds is 6. The molecular formula is C20H20F3N3O7S. The zero-order chi connectivity index (χ0) is 25.2. The van der Waals surface area contributed by atoms with E-state index in [1.54, 1.807) is 0 Å². The Morgan fingerprint density at radius 1 is 1.03 bits per heavy atom. The van der Waals surface area contributed by atoms with Gasteiger partial charge in [0, 0.05) is 26.3 Å². The molecule has 0 saturated carbocycles. The Kier molecular flexibility index (Phi) is 7.82. The third-order valence-electron chi connectivity index (χ3n) is 4.79. The van der Waals surface area contributed by atoms with Crippen LogP contribution < -0.4 is 0 Å². The molecule has 14 heteroatoms. The number of hydrogen-bond donors (Lipinski definition) is 1. The summed E-state index contributed by atoms with van der Waals surface area (Å²) < 4.78 is 63.3. The first-order chi connectivity index (χ1) is 16.0. The molecule has 0 bridgehead atoms. The van der Waals surface area contributed by atoms with Crippen LogP contribution in [-0.2, 0) is 33.3 Å². The van der Waals surface area contributed by atoms with Gasteiger partial charge in [0.15, 0.2) is 29.7 Å². The summed E-state index contributed by atoms with van der Waals surface area (Å²) in [6.45, 7) is 3.11. The van der Waals surface area contributed by atoms with Crippen molar-refractivity contribution in [2.75, 3.05) is 6.61 Å². The van der Waals surface area contributed by atoms with Gasteiger partial charge < -0.3 is 18.9 Å². The molecule has 1 fully saturated rings. The molecule has 0 radical (unpaired) electrons. The highest BCUT2D eigenvalue weighted by atomic mass is 32.1. The van der Waals surface area contributed by atoms with Crippen LogP contribution in [0.2, 0.25) is 0 Å². The summed E-state index contributed by atoms with van der Waals surface area (Å²) in [4.78, 5) is 34.9. The van der Waals surface area contributed by atoms with E-state index in [0.29, 0.717) is 0 Å². The Balaban J connectivity index is 2.05. The molecule has 1 aliphatic heterocycles. The van der Waals surface area contributed by atoms with Gasteiger partial charge >= 0.3 is 17.9 Å². The van der Waals surface area contributed by atoms with E-state index in [9.17, 15) is 27.6 Å². The molecule has 0 unspecified atom stereocenters. The number of esters is 3. The third kappa shape index (κ3) is 5.67. The van der Waals surface area contributed by atoms with Crippen LogP contribution in [0, 0.1) is 17.5 Å². The Morgan fingerprint density at radius 3 is 2.18 bits per heavy atom. The molecule has 1 aromatic heterocycles. The summed E-state index contributed by atoms with van der Waals surface area (Å²) in [5.41, 5.74) is -1.25. The molecule has 1 aliphatic rings. The number of benzene rings is 1. The van der Waals surface area contributed by atoms with E-state index in [-0.39, 0.29) is 17.9 Å². The molecule has 2 aromatic rings.